The Morgan fingerprint density at radius 2 is 2.03 bits per heavy atom. The van der Waals surface area contributed by atoms with Crippen LogP contribution >= 0.6 is 23.1 Å². The maximum atomic E-state index is 12.4. The molecular weight excluding hydrogens is 428 g/mol. The van der Waals surface area contributed by atoms with Gasteiger partial charge in [0.2, 0.25) is 5.91 Å². The predicted molar refractivity (Wildman–Crippen MR) is 113 cm³/mol. The number of hydrogen-bond donors (Lipinski definition) is 3. The maximum absolute atomic E-state index is 12.4. The third-order valence-corrected chi connectivity index (χ3v) is 8.59. The second-order valence-electron chi connectivity index (χ2n) is 7.96. The number of primary amides is 1. The maximum Gasteiger partial charge on any atom is 0.353 e. The van der Waals surface area contributed by atoms with Crippen molar-refractivity contribution in [2.75, 3.05) is 18.0 Å². The van der Waals surface area contributed by atoms with Gasteiger partial charge in [0, 0.05) is 34.5 Å². The van der Waals surface area contributed by atoms with E-state index in [1.54, 1.807) is 24.1 Å². The van der Waals surface area contributed by atoms with E-state index >= 15 is 0 Å². The summed E-state index contributed by atoms with van der Waals surface area (Å²) in [5, 5.41) is 22.4. The molecule has 0 saturated carbocycles. The van der Waals surface area contributed by atoms with E-state index < -0.39 is 23.9 Å². The number of nitrogens with two attached hydrogens (primary N) is 1. The number of carbonyl (C=O) groups excluding carboxylic acids is 2. The highest BCUT2D eigenvalue weighted by molar-refractivity contribution is 8.03. The molecule has 11 heteroatoms. The van der Waals surface area contributed by atoms with Gasteiger partial charge in [-0.25, -0.2) is 9.78 Å². The van der Waals surface area contributed by atoms with Crippen molar-refractivity contribution in [1.29, 1.82) is 0 Å². The van der Waals surface area contributed by atoms with Crippen LogP contribution in [0.2, 0.25) is 0 Å². The van der Waals surface area contributed by atoms with E-state index in [0.29, 0.717) is 0 Å². The van der Waals surface area contributed by atoms with Crippen molar-refractivity contribution in [2.45, 2.75) is 44.1 Å². The van der Waals surface area contributed by atoms with Crippen LogP contribution in [0.1, 0.15) is 37.2 Å². The van der Waals surface area contributed by atoms with E-state index in [9.17, 15) is 24.6 Å². The number of rotatable bonds is 6. The zero-order chi connectivity index (χ0) is 21.7. The molecule has 4 rings (SSSR count). The summed E-state index contributed by atoms with van der Waals surface area (Å²) in [4.78, 5) is 44.1. The number of anilines is 1. The molecule has 2 saturated heterocycles. The zero-order valence-electron chi connectivity index (χ0n) is 16.6. The van der Waals surface area contributed by atoms with E-state index in [1.165, 1.54) is 16.2 Å². The molecule has 2 amide bonds. The van der Waals surface area contributed by atoms with Crippen LogP contribution in [0.25, 0.3) is 0 Å². The molecule has 1 aromatic heterocycles. The molecule has 0 radical (unpaired) electrons. The van der Waals surface area contributed by atoms with Crippen LogP contribution in [0.5, 0.6) is 0 Å². The number of β-lactam (4-membered cyclic amide) rings is 1. The number of amides is 2. The van der Waals surface area contributed by atoms with Crippen LogP contribution in [0.3, 0.4) is 0 Å². The van der Waals surface area contributed by atoms with Gasteiger partial charge >= 0.3 is 5.97 Å². The van der Waals surface area contributed by atoms with Gasteiger partial charge in [-0.05, 0) is 19.8 Å². The summed E-state index contributed by atoms with van der Waals surface area (Å²) in [6.07, 6.45) is 0.863. The molecule has 4 atom stereocenters. The number of aromatic nitrogens is 1. The van der Waals surface area contributed by atoms with Crippen molar-refractivity contribution < 1.29 is 24.6 Å². The van der Waals surface area contributed by atoms with E-state index in [2.05, 4.69) is 9.88 Å². The van der Waals surface area contributed by atoms with Gasteiger partial charge in [-0.15, -0.1) is 23.1 Å². The minimum absolute atomic E-state index is 0.0767. The standard InChI is InChI=1S/C19H24N4O5S2/c1-8-13-12(9(2)24)17(26)23(13)14(18(27)28)15(8)30-10-3-5-22(6-4-10)19-21-11(7-29-19)16(20)25/h7-10,12-13,24H,3-6H2,1-2H3,(H2,20,25)(H,27,28)/t8-,9-,12-,13-/m1/s1. The number of aliphatic hydroxyl groups excluding tert-OH is 1. The molecule has 3 aliphatic rings. The van der Waals surface area contributed by atoms with Crippen molar-refractivity contribution >= 4 is 46.0 Å². The molecule has 0 aromatic carbocycles. The van der Waals surface area contributed by atoms with Crippen LogP contribution in [0.15, 0.2) is 16.0 Å². The van der Waals surface area contributed by atoms with Gasteiger partial charge in [0.15, 0.2) is 5.13 Å². The normalized spacial score (nSPS) is 27.8. The fourth-order valence-electron chi connectivity index (χ4n) is 4.55. The van der Waals surface area contributed by atoms with E-state index in [4.69, 9.17) is 5.73 Å². The van der Waals surface area contributed by atoms with Crippen molar-refractivity contribution in [3.8, 4) is 0 Å². The molecule has 30 heavy (non-hydrogen) atoms. The number of carbonyl (C=O) groups is 3. The molecule has 0 bridgehead atoms. The lowest BCUT2D eigenvalue weighted by atomic mass is 9.79. The summed E-state index contributed by atoms with van der Waals surface area (Å²) in [7, 11) is 0. The third-order valence-electron chi connectivity index (χ3n) is 6.06. The number of thiazole rings is 1. The number of fused-ring (bicyclic) bond motifs is 1. The Morgan fingerprint density at radius 1 is 1.37 bits per heavy atom. The van der Waals surface area contributed by atoms with Gasteiger partial charge in [-0.1, -0.05) is 6.92 Å². The Hall–Kier alpha value is -2.11. The zero-order valence-corrected chi connectivity index (χ0v) is 18.3. The first kappa shape index (κ1) is 21.1. The minimum atomic E-state index is -1.09. The lowest BCUT2D eigenvalue weighted by Crippen LogP contribution is -2.63. The SMILES string of the molecule is C[C@@H](O)[C@H]1C(=O)N2C(C(=O)O)=C(SC3CCN(c4nc(C(N)=O)cs4)CC3)[C@H](C)[C@H]12. The Bertz CT molecular complexity index is 922. The quantitative estimate of drug-likeness (QED) is 0.546. The topological polar surface area (TPSA) is 137 Å². The molecule has 162 valence electrons. The summed E-state index contributed by atoms with van der Waals surface area (Å²) in [6.45, 7) is 5.01. The molecule has 1 aromatic rings. The summed E-state index contributed by atoms with van der Waals surface area (Å²) in [5.74, 6) is -2.60. The number of aliphatic carboxylic acids is 1. The molecule has 0 unspecified atom stereocenters. The molecule has 4 N–H and O–H groups in total. The monoisotopic (exact) mass is 452 g/mol. The Kier molecular flexibility index (Phi) is 5.54. The summed E-state index contributed by atoms with van der Waals surface area (Å²) in [5.41, 5.74) is 5.62. The largest absolute Gasteiger partial charge is 0.477 e. The number of aliphatic hydroxyl groups is 1. The fourth-order valence-corrected chi connectivity index (χ4v) is 6.87. The van der Waals surface area contributed by atoms with E-state index in [1.807, 2.05) is 6.92 Å². The van der Waals surface area contributed by atoms with Crippen LogP contribution in [-0.4, -0.2) is 68.4 Å². The first-order chi connectivity index (χ1) is 14.2. The number of hydrogen-bond acceptors (Lipinski definition) is 8. The highest BCUT2D eigenvalue weighted by atomic mass is 32.2. The molecule has 4 heterocycles. The van der Waals surface area contributed by atoms with Gasteiger partial charge in [-0.2, -0.15) is 0 Å². The van der Waals surface area contributed by atoms with Gasteiger partial charge in [0.05, 0.1) is 18.1 Å². The Balaban J connectivity index is 1.45. The third kappa shape index (κ3) is 3.38. The van der Waals surface area contributed by atoms with Gasteiger partial charge in [0.1, 0.15) is 11.4 Å². The first-order valence-electron chi connectivity index (χ1n) is 9.86. The summed E-state index contributed by atoms with van der Waals surface area (Å²) >= 11 is 2.94. The number of piperidine rings is 1. The lowest BCUT2D eigenvalue weighted by Gasteiger charge is -2.46. The van der Waals surface area contributed by atoms with Crippen molar-refractivity contribution in [3.05, 3.63) is 21.7 Å². The molecule has 3 aliphatic heterocycles. The van der Waals surface area contributed by atoms with Crippen LogP contribution in [0, 0.1) is 11.8 Å². The van der Waals surface area contributed by atoms with Crippen LogP contribution in [-0.2, 0) is 9.59 Å². The molecular formula is C19H24N4O5S2. The highest BCUT2D eigenvalue weighted by Crippen LogP contribution is 2.52. The smallest absolute Gasteiger partial charge is 0.353 e. The van der Waals surface area contributed by atoms with Crippen molar-refractivity contribution in [1.82, 2.24) is 9.88 Å². The van der Waals surface area contributed by atoms with Crippen molar-refractivity contribution in [2.24, 2.45) is 17.6 Å². The number of carboxylic acid groups (broad SMARTS) is 1. The summed E-state index contributed by atoms with van der Waals surface area (Å²) < 4.78 is 0. The van der Waals surface area contributed by atoms with Gasteiger partial charge in [-0.3, -0.25) is 9.59 Å². The predicted octanol–water partition coefficient (Wildman–Crippen LogP) is 1.10. The molecule has 9 nitrogen and oxygen atoms in total. The lowest BCUT2D eigenvalue weighted by molar-refractivity contribution is -0.163. The Labute approximate surface area is 181 Å². The second kappa shape index (κ2) is 7.86. The van der Waals surface area contributed by atoms with E-state index in [0.717, 1.165) is 36.0 Å². The number of nitrogens with zero attached hydrogens (tertiary/aromatic N) is 3. The summed E-state index contributed by atoms with van der Waals surface area (Å²) in [6, 6.07) is -0.284. The molecule has 0 aliphatic carbocycles. The van der Waals surface area contributed by atoms with Gasteiger partial charge < -0.3 is 25.7 Å². The number of carboxylic acids is 1. The van der Waals surface area contributed by atoms with Crippen LogP contribution in [0.4, 0.5) is 5.13 Å². The van der Waals surface area contributed by atoms with Gasteiger partial charge in [0.25, 0.3) is 5.91 Å². The van der Waals surface area contributed by atoms with Crippen LogP contribution < -0.4 is 10.6 Å². The minimum Gasteiger partial charge on any atom is -0.477 e. The fraction of sp³-hybridized carbons (Fsp3) is 0.579. The second-order valence-corrected chi connectivity index (χ2v) is 10.1. The highest BCUT2D eigenvalue weighted by Gasteiger charge is 2.60. The first-order valence-corrected chi connectivity index (χ1v) is 11.6. The molecule has 2 fully saturated rings. The van der Waals surface area contributed by atoms with Crippen molar-refractivity contribution in [3.63, 3.8) is 0 Å². The number of thioether (sulfide) groups is 1. The average Bonchev–Trinajstić information content (AvgIpc) is 3.26. The van der Waals surface area contributed by atoms with E-state index in [-0.39, 0.29) is 34.5 Å². The average molecular weight is 453 g/mol. The molecule has 0 spiro atoms. The Morgan fingerprint density at radius 3 is 2.57 bits per heavy atom.